The second-order valence-corrected chi connectivity index (χ2v) is 19.8. The average molecular weight is 984 g/mol. The molecule has 1 heterocycles. The first-order valence-electron chi connectivity index (χ1n) is 25.7. The van der Waals surface area contributed by atoms with E-state index in [-0.39, 0.29) is 89.8 Å². The van der Waals surface area contributed by atoms with Crippen molar-refractivity contribution in [1.29, 1.82) is 0 Å². The number of rotatable bonds is 36. The van der Waals surface area contributed by atoms with E-state index in [1.165, 1.54) is 12.2 Å². The van der Waals surface area contributed by atoms with Crippen molar-refractivity contribution in [3.05, 3.63) is 12.2 Å². The van der Waals surface area contributed by atoms with Crippen molar-refractivity contribution >= 4 is 23.6 Å². The number of hydrogen-bond donors (Lipinski definition) is 5. The van der Waals surface area contributed by atoms with Crippen LogP contribution in [0, 0.1) is 46.3 Å². The number of ether oxygens (including phenoxy) is 9. The first-order chi connectivity index (χ1) is 33.4. The minimum Gasteiger partial charge on any atom is -0.393 e. The quantitative estimate of drug-likeness (QED) is 0.0444. The molecule has 5 aliphatic rings. The van der Waals surface area contributed by atoms with Gasteiger partial charge in [0.05, 0.1) is 150 Å². The fraction of sp³-hybridized carbons (Fsp3) is 0.880. The number of amides is 4. The number of carbonyl (C=O) groups excluding carboxylic acids is 4. The van der Waals surface area contributed by atoms with E-state index in [9.17, 15) is 34.5 Å². The smallest absolute Gasteiger partial charge is 0.253 e. The van der Waals surface area contributed by atoms with Crippen LogP contribution in [0.1, 0.15) is 78.6 Å². The number of imide groups is 1. The molecule has 0 aromatic carbocycles. The monoisotopic (exact) mass is 984 g/mol. The lowest BCUT2D eigenvalue weighted by Crippen LogP contribution is -2.62. The number of hydrogen-bond acceptors (Lipinski definition) is 16. The number of aliphatic hydroxyl groups excluding tert-OH is 3. The molecule has 0 radical (unpaired) electrons. The van der Waals surface area contributed by atoms with Gasteiger partial charge in [-0.3, -0.25) is 24.1 Å². The van der Waals surface area contributed by atoms with Crippen LogP contribution in [-0.4, -0.2) is 201 Å². The summed E-state index contributed by atoms with van der Waals surface area (Å²) in [5, 5.41) is 39.3. The third-order valence-electron chi connectivity index (χ3n) is 15.7. The Morgan fingerprint density at radius 3 is 1.65 bits per heavy atom. The zero-order valence-corrected chi connectivity index (χ0v) is 41.7. The average Bonchev–Trinajstić information content (AvgIpc) is 3.86. The molecule has 0 spiro atoms. The highest BCUT2D eigenvalue weighted by molar-refractivity contribution is 6.12. The van der Waals surface area contributed by atoms with E-state index in [0.29, 0.717) is 144 Å². The van der Waals surface area contributed by atoms with Crippen LogP contribution in [0.5, 0.6) is 0 Å². The minimum absolute atomic E-state index is 0.0391. The van der Waals surface area contributed by atoms with E-state index in [0.717, 1.165) is 43.4 Å². The Hall–Kier alpha value is -2.66. The largest absolute Gasteiger partial charge is 0.393 e. The molecule has 1 aliphatic heterocycles. The molecule has 69 heavy (non-hydrogen) atoms. The predicted molar refractivity (Wildman–Crippen MR) is 252 cm³/mol. The summed E-state index contributed by atoms with van der Waals surface area (Å²) in [7, 11) is 0. The Morgan fingerprint density at radius 1 is 0.638 bits per heavy atom. The molecule has 4 aliphatic carbocycles. The number of nitrogens with zero attached hydrogens (tertiary/aromatic N) is 1. The Bertz CT molecular complexity index is 1560. The van der Waals surface area contributed by atoms with Crippen LogP contribution in [0.25, 0.3) is 0 Å². The summed E-state index contributed by atoms with van der Waals surface area (Å²) in [6.07, 6.45) is 8.21. The standard InChI is InChI=1S/C50H85N3O16/c1-36(39-5-6-40-48-41(34-43(56)50(39,40)3)49(2)11-10-38(54)32-37(49)33-42(48)55)4-7-44(57)52-35-45(58)51-12-14-61-16-18-63-20-22-65-24-26-67-28-30-69-31-29-68-27-25-66-23-21-64-19-17-62-15-13-53-46(59)8-9-47(53)60/h8-9,36-43,48,54-56H,4-7,10-35H2,1-3H3,(H,51,58)(H,52,57)/t36-,37+,38-,39-,40+,41+,42-,43+,48+,49+,50-/m1/s1. The summed E-state index contributed by atoms with van der Waals surface area (Å²) in [6.45, 7) is 14.6. The molecule has 0 aromatic rings. The van der Waals surface area contributed by atoms with Gasteiger partial charge in [0.25, 0.3) is 11.8 Å². The maximum Gasteiger partial charge on any atom is 0.253 e. The topological polar surface area (TPSA) is 239 Å². The van der Waals surface area contributed by atoms with Crippen LogP contribution < -0.4 is 10.6 Å². The normalized spacial score (nSPS) is 30.0. The fourth-order valence-electron chi connectivity index (χ4n) is 12.0. The molecular formula is C50H85N3O16. The maximum atomic E-state index is 12.8. The van der Waals surface area contributed by atoms with E-state index in [4.69, 9.17) is 42.6 Å². The van der Waals surface area contributed by atoms with Crippen molar-refractivity contribution in [2.75, 3.05) is 139 Å². The molecule has 19 heteroatoms. The van der Waals surface area contributed by atoms with E-state index < -0.39 is 12.2 Å². The third kappa shape index (κ3) is 17.5. The lowest BCUT2D eigenvalue weighted by Gasteiger charge is -2.63. The van der Waals surface area contributed by atoms with Gasteiger partial charge in [0.2, 0.25) is 11.8 Å². The fourth-order valence-corrected chi connectivity index (χ4v) is 12.0. The Kier molecular flexibility index (Phi) is 25.2. The maximum absolute atomic E-state index is 12.8. The van der Waals surface area contributed by atoms with Crippen molar-refractivity contribution in [3.8, 4) is 0 Å². The summed E-state index contributed by atoms with van der Waals surface area (Å²) in [5.41, 5.74) is -0.273. The summed E-state index contributed by atoms with van der Waals surface area (Å²) in [4.78, 5) is 49.2. The molecule has 0 aromatic heterocycles. The first-order valence-corrected chi connectivity index (χ1v) is 25.7. The van der Waals surface area contributed by atoms with Gasteiger partial charge in [0, 0.05) is 25.1 Å². The molecule has 11 atom stereocenters. The second kappa shape index (κ2) is 30.4. The Balaban J connectivity index is 0.738. The van der Waals surface area contributed by atoms with Gasteiger partial charge in [0.15, 0.2) is 0 Å². The van der Waals surface area contributed by atoms with Crippen LogP contribution in [-0.2, 0) is 61.8 Å². The number of carbonyl (C=O) groups is 4. The lowest BCUT2D eigenvalue weighted by molar-refractivity contribution is -0.207. The summed E-state index contributed by atoms with van der Waals surface area (Å²) >= 11 is 0. The van der Waals surface area contributed by atoms with E-state index in [1.807, 2.05) is 0 Å². The van der Waals surface area contributed by atoms with Gasteiger partial charge < -0.3 is 68.6 Å². The molecule has 4 amide bonds. The number of aliphatic hydroxyl groups is 3. The van der Waals surface area contributed by atoms with Gasteiger partial charge in [-0.2, -0.15) is 0 Å². The lowest BCUT2D eigenvalue weighted by atomic mass is 9.43. The molecule has 4 fully saturated rings. The molecular weight excluding hydrogens is 899 g/mol. The van der Waals surface area contributed by atoms with Crippen LogP contribution >= 0.6 is 0 Å². The van der Waals surface area contributed by atoms with E-state index in [1.54, 1.807) is 0 Å². The van der Waals surface area contributed by atoms with Gasteiger partial charge in [-0.25, -0.2) is 0 Å². The van der Waals surface area contributed by atoms with Gasteiger partial charge >= 0.3 is 0 Å². The number of fused-ring (bicyclic) bond motifs is 5. The second-order valence-electron chi connectivity index (χ2n) is 19.8. The highest BCUT2D eigenvalue weighted by Gasteiger charge is 2.65. The van der Waals surface area contributed by atoms with Crippen molar-refractivity contribution in [2.45, 2.75) is 96.9 Å². The van der Waals surface area contributed by atoms with Gasteiger partial charge in [-0.15, -0.1) is 0 Å². The zero-order valence-electron chi connectivity index (χ0n) is 41.7. The molecule has 5 rings (SSSR count). The van der Waals surface area contributed by atoms with Gasteiger partial charge in [0.1, 0.15) is 0 Å². The molecule has 396 valence electrons. The summed E-state index contributed by atoms with van der Waals surface area (Å²) < 4.78 is 49.3. The van der Waals surface area contributed by atoms with Crippen LogP contribution in [0.2, 0.25) is 0 Å². The molecule has 0 unspecified atom stereocenters. The summed E-state index contributed by atoms with van der Waals surface area (Å²) in [6, 6.07) is 0. The van der Waals surface area contributed by atoms with Crippen molar-refractivity contribution in [3.63, 3.8) is 0 Å². The Morgan fingerprint density at radius 2 is 1.13 bits per heavy atom. The van der Waals surface area contributed by atoms with Crippen molar-refractivity contribution in [2.24, 2.45) is 46.3 Å². The molecule has 0 saturated heterocycles. The molecule has 19 nitrogen and oxygen atoms in total. The van der Waals surface area contributed by atoms with Crippen LogP contribution in [0.4, 0.5) is 0 Å². The minimum atomic E-state index is -0.461. The van der Waals surface area contributed by atoms with Crippen molar-refractivity contribution in [1.82, 2.24) is 15.5 Å². The predicted octanol–water partition coefficient (Wildman–Crippen LogP) is 1.67. The highest BCUT2D eigenvalue weighted by atomic mass is 16.6. The molecule has 0 bridgehead atoms. The summed E-state index contributed by atoms with van der Waals surface area (Å²) in [5.74, 6) is 0.333. The molecule has 4 saturated carbocycles. The van der Waals surface area contributed by atoms with E-state index >= 15 is 0 Å². The third-order valence-corrected chi connectivity index (χ3v) is 15.7. The van der Waals surface area contributed by atoms with Gasteiger partial charge in [-0.1, -0.05) is 20.8 Å². The Labute approximate surface area is 409 Å². The number of nitrogens with one attached hydrogen (secondary N) is 2. The zero-order chi connectivity index (χ0) is 49.5. The van der Waals surface area contributed by atoms with Crippen LogP contribution in [0.15, 0.2) is 12.2 Å². The SMILES string of the molecule is C[C@H](CCC(=O)NCC(=O)NCCOCCOCCOCCOCCOCCOCCOCCOCCOCCN1C(=O)C=CC1=O)[C@H]1CC[C@H]2[C@@H]3[C@H](O)C[C@@H]4C[C@H](O)CC[C@]4(C)[C@H]3C[C@H](O)[C@]12C. The van der Waals surface area contributed by atoms with Crippen molar-refractivity contribution < 1.29 is 77.1 Å². The molecule has 5 N–H and O–H groups in total. The first kappa shape index (κ1) is 57.2. The van der Waals surface area contributed by atoms with E-state index in [2.05, 4.69) is 31.4 Å². The highest BCUT2D eigenvalue weighted by Crippen LogP contribution is 2.68. The van der Waals surface area contributed by atoms with Gasteiger partial charge in [-0.05, 0) is 97.7 Å². The van der Waals surface area contributed by atoms with Crippen LogP contribution in [0.3, 0.4) is 0 Å².